The number of nitrogens with two attached hydrogens (primary N) is 1. The number of hydrogen-bond acceptors (Lipinski definition) is 4. The molecule has 2 aromatic heterocycles. The molecule has 84 valence electrons. The van der Waals surface area contributed by atoms with Crippen LogP contribution in [0.15, 0.2) is 41.2 Å². The Hall–Kier alpha value is -2.43. The van der Waals surface area contributed by atoms with Crippen molar-refractivity contribution >= 4 is 16.7 Å². The molecule has 0 atom stereocenters. The lowest BCUT2D eigenvalue weighted by Crippen LogP contribution is -1.91. The van der Waals surface area contributed by atoms with Crippen LogP contribution in [0.3, 0.4) is 0 Å². The van der Waals surface area contributed by atoms with Crippen LogP contribution >= 0.6 is 0 Å². The first-order valence-corrected chi connectivity index (χ1v) is 5.00. The second-order valence-electron chi connectivity index (χ2n) is 3.63. The quantitative estimate of drug-likeness (QED) is 0.696. The molecule has 0 bridgehead atoms. The van der Waals surface area contributed by atoms with Gasteiger partial charge >= 0.3 is 0 Å². The second-order valence-corrected chi connectivity index (χ2v) is 3.63. The molecule has 0 aliphatic carbocycles. The molecule has 0 radical (unpaired) electrons. The van der Waals surface area contributed by atoms with E-state index in [4.69, 9.17) is 10.3 Å². The maximum Gasteiger partial charge on any atom is 0.170 e. The van der Waals surface area contributed by atoms with Gasteiger partial charge in [0.2, 0.25) is 0 Å². The molecule has 5 heteroatoms. The van der Waals surface area contributed by atoms with Crippen LogP contribution in [0.5, 0.6) is 0 Å². The molecule has 0 spiro atoms. The Labute approximate surface area is 95.9 Å². The minimum atomic E-state index is -0.362. The lowest BCUT2D eigenvalue weighted by Gasteiger charge is -2.00. The van der Waals surface area contributed by atoms with Crippen molar-refractivity contribution in [1.82, 2.24) is 10.1 Å². The van der Waals surface area contributed by atoms with Crippen LogP contribution in [-0.2, 0) is 0 Å². The molecule has 0 aliphatic heterocycles. The summed E-state index contributed by atoms with van der Waals surface area (Å²) in [4.78, 5) is 3.99. The predicted molar refractivity (Wildman–Crippen MR) is 61.6 cm³/mol. The molecule has 0 amide bonds. The number of fused-ring (bicyclic) bond motifs is 1. The van der Waals surface area contributed by atoms with Gasteiger partial charge in [0.05, 0.1) is 5.39 Å². The zero-order chi connectivity index (χ0) is 11.8. The Balaban J connectivity index is 2.29. The van der Waals surface area contributed by atoms with Crippen LogP contribution in [0.1, 0.15) is 0 Å². The van der Waals surface area contributed by atoms with Crippen LogP contribution in [0, 0.1) is 5.82 Å². The molecule has 0 unspecified atom stereocenters. The Morgan fingerprint density at radius 2 is 2.12 bits per heavy atom. The summed E-state index contributed by atoms with van der Waals surface area (Å²) in [5.41, 5.74) is 8.04. The number of anilines is 1. The number of rotatable bonds is 1. The van der Waals surface area contributed by atoms with Gasteiger partial charge in [0.15, 0.2) is 5.58 Å². The van der Waals surface area contributed by atoms with Crippen LogP contribution < -0.4 is 5.73 Å². The van der Waals surface area contributed by atoms with E-state index in [1.807, 2.05) is 0 Å². The highest BCUT2D eigenvalue weighted by atomic mass is 19.1. The molecule has 2 N–H and O–H groups in total. The van der Waals surface area contributed by atoms with Gasteiger partial charge in [0.25, 0.3) is 0 Å². The van der Waals surface area contributed by atoms with Crippen LogP contribution in [0.4, 0.5) is 10.1 Å². The third-order valence-corrected chi connectivity index (χ3v) is 2.54. The van der Waals surface area contributed by atoms with Crippen LogP contribution in [0.25, 0.3) is 22.2 Å². The molecular weight excluding hydrogens is 221 g/mol. The van der Waals surface area contributed by atoms with E-state index in [9.17, 15) is 4.39 Å². The first-order chi connectivity index (χ1) is 8.25. The standard InChI is InChI=1S/C12H8FN3O/c13-7-1-2-8-11(5-7)17-16-12(8)9-6-15-4-3-10(9)14/h1-6H,(H2,14,15). The van der Waals surface area contributed by atoms with E-state index in [1.165, 1.54) is 12.1 Å². The average molecular weight is 229 g/mol. The summed E-state index contributed by atoms with van der Waals surface area (Å²) in [5.74, 6) is -0.362. The van der Waals surface area contributed by atoms with Gasteiger partial charge in [-0.15, -0.1) is 0 Å². The van der Waals surface area contributed by atoms with E-state index in [1.54, 1.807) is 24.5 Å². The largest absolute Gasteiger partial charge is 0.398 e. The fourth-order valence-corrected chi connectivity index (χ4v) is 1.71. The Kier molecular flexibility index (Phi) is 2.04. The van der Waals surface area contributed by atoms with Gasteiger partial charge in [0, 0.05) is 29.7 Å². The molecule has 2 heterocycles. The summed E-state index contributed by atoms with van der Waals surface area (Å²) in [6.45, 7) is 0. The third kappa shape index (κ3) is 1.52. The van der Waals surface area contributed by atoms with Crippen molar-refractivity contribution in [2.75, 3.05) is 5.73 Å². The predicted octanol–water partition coefficient (Wildman–Crippen LogP) is 2.61. The normalized spacial score (nSPS) is 10.9. The number of halogens is 1. The molecule has 0 fully saturated rings. The Morgan fingerprint density at radius 3 is 2.94 bits per heavy atom. The number of hydrogen-bond donors (Lipinski definition) is 1. The van der Waals surface area contributed by atoms with Crippen molar-refractivity contribution < 1.29 is 8.91 Å². The van der Waals surface area contributed by atoms with Gasteiger partial charge in [-0.2, -0.15) is 0 Å². The molecule has 3 rings (SSSR count). The molecule has 1 aromatic carbocycles. The summed E-state index contributed by atoms with van der Waals surface area (Å²) in [5, 5.41) is 4.62. The van der Waals surface area contributed by atoms with Crippen molar-refractivity contribution in [3.63, 3.8) is 0 Å². The minimum Gasteiger partial charge on any atom is -0.398 e. The van der Waals surface area contributed by atoms with E-state index >= 15 is 0 Å². The maximum absolute atomic E-state index is 13.0. The smallest absolute Gasteiger partial charge is 0.170 e. The van der Waals surface area contributed by atoms with Gasteiger partial charge in [-0.3, -0.25) is 4.98 Å². The maximum atomic E-state index is 13.0. The van der Waals surface area contributed by atoms with Gasteiger partial charge in [-0.05, 0) is 18.2 Å². The summed E-state index contributed by atoms with van der Waals surface area (Å²) >= 11 is 0. The average Bonchev–Trinajstić information content (AvgIpc) is 2.72. The SMILES string of the molecule is Nc1ccncc1-c1noc2cc(F)ccc12. The highest BCUT2D eigenvalue weighted by Crippen LogP contribution is 2.30. The van der Waals surface area contributed by atoms with Crippen molar-refractivity contribution in [3.8, 4) is 11.3 Å². The molecule has 4 nitrogen and oxygen atoms in total. The van der Waals surface area contributed by atoms with Gasteiger partial charge in [-0.25, -0.2) is 4.39 Å². The lowest BCUT2D eigenvalue weighted by molar-refractivity contribution is 0.457. The van der Waals surface area contributed by atoms with E-state index in [-0.39, 0.29) is 5.82 Å². The zero-order valence-corrected chi connectivity index (χ0v) is 8.72. The van der Waals surface area contributed by atoms with E-state index in [2.05, 4.69) is 10.1 Å². The Bertz CT molecular complexity index is 693. The lowest BCUT2D eigenvalue weighted by atomic mass is 10.1. The molecule has 0 aliphatic rings. The van der Waals surface area contributed by atoms with E-state index < -0.39 is 0 Å². The zero-order valence-electron chi connectivity index (χ0n) is 8.72. The Morgan fingerprint density at radius 1 is 1.24 bits per heavy atom. The summed E-state index contributed by atoms with van der Waals surface area (Å²) in [7, 11) is 0. The number of nitrogens with zero attached hydrogens (tertiary/aromatic N) is 2. The van der Waals surface area contributed by atoms with Gasteiger partial charge in [-0.1, -0.05) is 5.16 Å². The van der Waals surface area contributed by atoms with Crippen molar-refractivity contribution in [3.05, 3.63) is 42.5 Å². The second kappa shape index (κ2) is 3.55. The van der Waals surface area contributed by atoms with E-state index in [0.29, 0.717) is 27.9 Å². The topological polar surface area (TPSA) is 64.9 Å². The monoisotopic (exact) mass is 229 g/mol. The van der Waals surface area contributed by atoms with Gasteiger partial charge < -0.3 is 10.3 Å². The van der Waals surface area contributed by atoms with Gasteiger partial charge in [0.1, 0.15) is 11.5 Å². The number of benzene rings is 1. The number of pyridine rings is 1. The fraction of sp³-hybridized carbons (Fsp3) is 0. The highest BCUT2D eigenvalue weighted by molar-refractivity contribution is 5.94. The molecule has 3 aromatic rings. The first kappa shape index (κ1) is 9.77. The first-order valence-electron chi connectivity index (χ1n) is 5.00. The molecule has 0 saturated carbocycles. The summed E-state index contributed by atoms with van der Waals surface area (Å²) in [6.07, 6.45) is 3.21. The van der Waals surface area contributed by atoms with E-state index in [0.717, 1.165) is 0 Å². The summed E-state index contributed by atoms with van der Waals surface area (Å²) < 4.78 is 18.1. The van der Waals surface area contributed by atoms with Crippen LogP contribution in [-0.4, -0.2) is 10.1 Å². The minimum absolute atomic E-state index is 0.362. The number of nitrogen functional groups attached to an aromatic ring is 1. The molecule has 17 heavy (non-hydrogen) atoms. The van der Waals surface area contributed by atoms with Crippen LogP contribution in [0.2, 0.25) is 0 Å². The molecular formula is C12H8FN3O. The van der Waals surface area contributed by atoms with Crippen molar-refractivity contribution in [2.45, 2.75) is 0 Å². The van der Waals surface area contributed by atoms with Crippen molar-refractivity contribution in [1.29, 1.82) is 0 Å². The summed E-state index contributed by atoms with van der Waals surface area (Å²) in [6, 6.07) is 5.94. The van der Waals surface area contributed by atoms with Crippen molar-refractivity contribution in [2.24, 2.45) is 0 Å². The number of aromatic nitrogens is 2. The highest BCUT2D eigenvalue weighted by Gasteiger charge is 2.13. The fourth-order valence-electron chi connectivity index (χ4n) is 1.71. The third-order valence-electron chi connectivity index (χ3n) is 2.54. The molecule has 0 saturated heterocycles.